The number of aliphatic carboxylic acids is 1. The highest BCUT2D eigenvalue weighted by Gasteiger charge is 2.42. The second kappa shape index (κ2) is 11.9. The van der Waals surface area contributed by atoms with Crippen molar-refractivity contribution >= 4 is 29.5 Å². The summed E-state index contributed by atoms with van der Waals surface area (Å²) in [6.07, 6.45) is -14.8. The molecular weight excluding hydrogens is 552 g/mol. The zero-order valence-electron chi connectivity index (χ0n) is 19.8. The molecule has 3 aromatic rings. The van der Waals surface area contributed by atoms with Gasteiger partial charge in [-0.1, -0.05) is 30.3 Å². The number of alkyl halides is 6. The second-order valence-corrected chi connectivity index (χ2v) is 8.00. The number of para-hydroxylation sites is 1. The van der Waals surface area contributed by atoms with E-state index < -0.39 is 70.6 Å². The van der Waals surface area contributed by atoms with Crippen LogP contribution in [0.1, 0.15) is 31.8 Å². The number of carboxylic acids is 1. The van der Waals surface area contributed by atoms with Gasteiger partial charge in [0.05, 0.1) is 22.3 Å². The topological polar surface area (TPSA) is 119 Å². The number of carboxylic acid groups (broad SMARTS) is 1. The van der Waals surface area contributed by atoms with Crippen molar-refractivity contribution in [3.05, 3.63) is 101 Å². The molecule has 0 heterocycles. The third kappa shape index (κ3) is 7.58. The summed E-state index contributed by atoms with van der Waals surface area (Å²) in [5.74, 6) is -6.62. The van der Waals surface area contributed by atoms with Crippen molar-refractivity contribution in [3.63, 3.8) is 0 Å². The van der Waals surface area contributed by atoms with Crippen molar-refractivity contribution in [2.75, 3.05) is 5.32 Å². The minimum atomic E-state index is -4.86. The first-order valence-electron chi connectivity index (χ1n) is 11.0. The smallest absolute Gasteiger partial charge is 0.416 e. The third-order valence-corrected chi connectivity index (χ3v) is 5.14. The average molecular weight is 569 g/mol. The van der Waals surface area contributed by atoms with Gasteiger partial charge >= 0.3 is 30.3 Å². The number of anilines is 1. The van der Waals surface area contributed by atoms with E-state index in [-0.39, 0.29) is 5.69 Å². The van der Waals surface area contributed by atoms with E-state index in [2.05, 4.69) is 5.32 Å². The molecule has 210 valence electrons. The molecule has 0 saturated heterocycles. The highest BCUT2D eigenvalue weighted by atomic mass is 19.4. The average Bonchev–Trinajstić information content (AvgIpc) is 2.90. The summed E-state index contributed by atoms with van der Waals surface area (Å²) in [6.45, 7) is 0. The molecule has 0 radical (unpaired) electrons. The van der Waals surface area contributed by atoms with Gasteiger partial charge in [-0.3, -0.25) is 4.79 Å². The maximum absolute atomic E-state index is 13.1. The van der Waals surface area contributed by atoms with Crippen LogP contribution in [0.5, 0.6) is 0 Å². The number of halogens is 6. The normalized spacial score (nSPS) is 13.1. The van der Waals surface area contributed by atoms with Crippen molar-refractivity contribution in [1.29, 1.82) is 0 Å². The highest BCUT2D eigenvalue weighted by Crippen LogP contribution is 2.31. The van der Waals surface area contributed by atoms with Crippen LogP contribution in [-0.4, -0.2) is 41.1 Å². The number of rotatable bonds is 8. The van der Waals surface area contributed by atoms with E-state index in [0.717, 1.165) is 24.3 Å². The highest BCUT2D eigenvalue weighted by molar-refractivity contribution is 6.01. The number of nitrogens with one attached hydrogen (secondary N) is 1. The van der Waals surface area contributed by atoms with Crippen molar-refractivity contribution in [2.45, 2.75) is 24.6 Å². The molecule has 14 heteroatoms. The van der Waals surface area contributed by atoms with E-state index in [1.165, 1.54) is 24.3 Å². The lowest BCUT2D eigenvalue weighted by atomic mass is 10.1. The Labute approximate surface area is 221 Å². The van der Waals surface area contributed by atoms with Gasteiger partial charge in [0.1, 0.15) is 0 Å². The Morgan fingerprint density at radius 3 is 1.52 bits per heavy atom. The first kappa shape index (κ1) is 29.7. The van der Waals surface area contributed by atoms with Crippen LogP contribution in [0.2, 0.25) is 0 Å². The van der Waals surface area contributed by atoms with Gasteiger partial charge in [-0.2, -0.15) is 26.3 Å². The Bertz CT molecular complexity index is 1410. The monoisotopic (exact) mass is 569 g/mol. The van der Waals surface area contributed by atoms with Crippen LogP contribution in [0.25, 0.3) is 0 Å². The molecule has 0 aliphatic heterocycles. The van der Waals surface area contributed by atoms with Crippen molar-refractivity contribution in [2.24, 2.45) is 0 Å². The molecule has 2 atom stereocenters. The predicted molar refractivity (Wildman–Crippen MR) is 124 cm³/mol. The van der Waals surface area contributed by atoms with Gasteiger partial charge in [0.2, 0.25) is 12.2 Å². The molecule has 0 unspecified atom stereocenters. The molecule has 0 spiro atoms. The maximum Gasteiger partial charge on any atom is 0.416 e. The number of amides is 1. The van der Waals surface area contributed by atoms with Gasteiger partial charge in [-0.25, -0.2) is 14.4 Å². The summed E-state index contributed by atoms with van der Waals surface area (Å²) >= 11 is 0. The summed E-state index contributed by atoms with van der Waals surface area (Å²) < 4.78 is 88.1. The summed E-state index contributed by atoms with van der Waals surface area (Å²) in [6, 6.07) is 12.8. The Balaban J connectivity index is 1.95. The van der Waals surface area contributed by atoms with E-state index >= 15 is 0 Å². The van der Waals surface area contributed by atoms with E-state index in [1.807, 2.05) is 0 Å². The molecule has 0 bridgehead atoms. The fourth-order valence-corrected chi connectivity index (χ4v) is 3.24. The van der Waals surface area contributed by atoms with E-state index in [1.54, 1.807) is 6.07 Å². The quantitative estimate of drug-likeness (QED) is 0.283. The molecule has 3 rings (SSSR count). The van der Waals surface area contributed by atoms with Crippen LogP contribution in [0, 0.1) is 0 Å². The number of esters is 2. The predicted octanol–water partition coefficient (Wildman–Crippen LogP) is 5.20. The molecule has 0 aliphatic carbocycles. The van der Waals surface area contributed by atoms with E-state index in [0.29, 0.717) is 24.3 Å². The van der Waals surface area contributed by atoms with Crippen LogP contribution in [0.3, 0.4) is 0 Å². The lowest BCUT2D eigenvalue weighted by molar-refractivity contribution is -0.157. The van der Waals surface area contributed by atoms with Gasteiger partial charge in [0.15, 0.2) is 0 Å². The molecule has 3 aromatic carbocycles. The number of carbonyl (C=O) groups excluding carboxylic acids is 3. The van der Waals surface area contributed by atoms with Crippen LogP contribution in [-0.2, 0) is 31.4 Å². The van der Waals surface area contributed by atoms with Gasteiger partial charge in [0.25, 0.3) is 5.91 Å². The largest absolute Gasteiger partial charge is 0.478 e. The third-order valence-electron chi connectivity index (χ3n) is 5.14. The maximum atomic E-state index is 13.1. The van der Waals surface area contributed by atoms with Crippen LogP contribution in [0.15, 0.2) is 78.9 Å². The van der Waals surface area contributed by atoms with Crippen molar-refractivity contribution < 1.29 is 60.1 Å². The molecule has 0 aliphatic rings. The van der Waals surface area contributed by atoms with Crippen LogP contribution in [0.4, 0.5) is 32.0 Å². The summed E-state index contributed by atoms with van der Waals surface area (Å²) in [7, 11) is 0. The lowest BCUT2D eigenvalue weighted by Gasteiger charge is -2.24. The molecule has 40 heavy (non-hydrogen) atoms. The Morgan fingerprint density at radius 1 is 0.650 bits per heavy atom. The van der Waals surface area contributed by atoms with Gasteiger partial charge in [-0.05, 0) is 48.5 Å². The van der Waals surface area contributed by atoms with Crippen molar-refractivity contribution in [1.82, 2.24) is 0 Å². The van der Waals surface area contributed by atoms with E-state index in [4.69, 9.17) is 9.47 Å². The fourth-order valence-electron chi connectivity index (χ4n) is 3.24. The van der Waals surface area contributed by atoms with Crippen LogP contribution < -0.4 is 5.32 Å². The summed E-state index contributed by atoms with van der Waals surface area (Å²) in [5, 5.41) is 11.9. The fraction of sp³-hybridized carbons (Fsp3) is 0.154. The van der Waals surface area contributed by atoms with Gasteiger partial charge < -0.3 is 19.9 Å². The van der Waals surface area contributed by atoms with Crippen LogP contribution >= 0.6 is 0 Å². The zero-order valence-corrected chi connectivity index (χ0v) is 19.8. The summed E-state index contributed by atoms with van der Waals surface area (Å²) in [5.41, 5.74) is -3.91. The minimum Gasteiger partial charge on any atom is -0.478 e. The molecule has 2 N–H and O–H groups in total. The number of hydrogen-bond acceptors (Lipinski definition) is 6. The summed E-state index contributed by atoms with van der Waals surface area (Å²) in [4.78, 5) is 50.3. The Hall–Kier alpha value is -4.88. The molecule has 8 nitrogen and oxygen atoms in total. The lowest BCUT2D eigenvalue weighted by Crippen LogP contribution is -2.48. The number of carbonyl (C=O) groups is 4. The zero-order chi connectivity index (χ0) is 29.7. The Morgan fingerprint density at radius 2 is 1.10 bits per heavy atom. The molecular formula is C26H17F6NO7. The standard InChI is InChI=1S/C26H17F6NO7/c27-25(28,29)16-8-4-6-14(12-16)23(37)39-19(21(34)33-18-10-2-1-3-11-18)20(22(35)36)40-24(38)15-7-5-9-17(13-15)26(30,31)32/h1-13,19-20H,(H,33,34)(H,35,36)/t19-,20+/m0/s1. The molecule has 0 saturated carbocycles. The molecule has 0 fully saturated rings. The number of benzene rings is 3. The first-order chi connectivity index (χ1) is 18.7. The molecule has 1 amide bonds. The first-order valence-corrected chi connectivity index (χ1v) is 11.0. The molecule has 0 aromatic heterocycles. The van der Waals surface area contributed by atoms with E-state index in [9.17, 15) is 50.6 Å². The van der Waals surface area contributed by atoms with Gasteiger partial charge in [0, 0.05) is 5.69 Å². The SMILES string of the molecule is O=C(O[C@H](C(=O)Nc1ccccc1)[C@@H](OC(=O)c1cccc(C(F)(F)F)c1)C(=O)O)c1cccc(C(F)(F)F)c1. The minimum absolute atomic E-state index is 0.0703. The van der Waals surface area contributed by atoms with Crippen molar-refractivity contribution in [3.8, 4) is 0 Å². The number of hydrogen-bond donors (Lipinski definition) is 2. The van der Waals surface area contributed by atoms with Gasteiger partial charge in [-0.15, -0.1) is 0 Å². The Kier molecular flexibility index (Phi) is 8.82. The second-order valence-electron chi connectivity index (χ2n) is 8.00. The number of ether oxygens (including phenoxy) is 2.